The van der Waals surface area contributed by atoms with Crippen molar-refractivity contribution in [1.82, 2.24) is 5.32 Å². The monoisotopic (exact) mass is 251 g/mol. The Bertz CT molecular complexity index is 342. The van der Waals surface area contributed by atoms with E-state index in [1.54, 1.807) is 0 Å². The maximum absolute atomic E-state index is 3.82. The van der Waals surface area contributed by atoms with Crippen molar-refractivity contribution in [2.24, 2.45) is 11.3 Å². The van der Waals surface area contributed by atoms with Crippen LogP contribution in [0.15, 0.2) is 17.5 Å². The molecule has 1 heterocycles. The Hall–Kier alpha value is -0.340. The standard InChI is InChI=1S/C15H25NS/c1-11-8-13(10-15(3,4)9-11)16-12(2)14-6-5-7-17-14/h5-7,11-13,16H,8-10H2,1-4H3. The summed E-state index contributed by atoms with van der Waals surface area (Å²) in [7, 11) is 0. The van der Waals surface area contributed by atoms with Crippen LogP contribution in [0, 0.1) is 11.3 Å². The SMILES string of the molecule is CC1CC(NC(C)c2cccs2)CC(C)(C)C1. The van der Waals surface area contributed by atoms with Crippen molar-refractivity contribution in [3.8, 4) is 0 Å². The lowest BCUT2D eigenvalue weighted by molar-refractivity contribution is 0.146. The summed E-state index contributed by atoms with van der Waals surface area (Å²) in [5.41, 5.74) is 0.504. The zero-order chi connectivity index (χ0) is 12.5. The third kappa shape index (κ3) is 3.56. The molecule has 0 aromatic carbocycles. The Morgan fingerprint density at radius 1 is 1.41 bits per heavy atom. The molecule has 1 nitrogen and oxygen atoms in total. The highest BCUT2D eigenvalue weighted by atomic mass is 32.1. The van der Waals surface area contributed by atoms with Gasteiger partial charge in [0.05, 0.1) is 0 Å². The summed E-state index contributed by atoms with van der Waals surface area (Å²) in [5.74, 6) is 0.854. The predicted octanol–water partition coefficient (Wildman–Crippen LogP) is 4.61. The molecule has 1 N–H and O–H groups in total. The molecular weight excluding hydrogens is 226 g/mol. The van der Waals surface area contributed by atoms with Crippen molar-refractivity contribution in [2.45, 2.75) is 59.0 Å². The average Bonchev–Trinajstić information content (AvgIpc) is 2.65. The summed E-state index contributed by atoms with van der Waals surface area (Å²) in [5, 5.41) is 5.99. The van der Waals surface area contributed by atoms with Crippen LogP contribution in [0.3, 0.4) is 0 Å². The van der Waals surface area contributed by atoms with E-state index < -0.39 is 0 Å². The second-order valence-corrected chi connectivity index (χ2v) is 7.49. The van der Waals surface area contributed by atoms with Crippen molar-refractivity contribution < 1.29 is 0 Å². The molecule has 0 aliphatic heterocycles. The molecule has 0 spiro atoms. The van der Waals surface area contributed by atoms with Gasteiger partial charge in [0.1, 0.15) is 0 Å². The van der Waals surface area contributed by atoms with Crippen LogP contribution in [0.1, 0.15) is 57.9 Å². The molecule has 0 radical (unpaired) electrons. The van der Waals surface area contributed by atoms with Gasteiger partial charge >= 0.3 is 0 Å². The van der Waals surface area contributed by atoms with Gasteiger partial charge in [0.15, 0.2) is 0 Å². The van der Waals surface area contributed by atoms with Gasteiger partial charge in [-0.05, 0) is 49.0 Å². The van der Waals surface area contributed by atoms with Crippen molar-refractivity contribution >= 4 is 11.3 Å². The topological polar surface area (TPSA) is 12.0 Å². The molecule has 1 aliphatic carbocycles. The fraction of sp³-hybridized carbons (Fsp3) is 0.733. The maximum atomic E-state index is 3.82. The van der Waals surface area contributed by atoms with Crippen molar-refractivity contribution in [2.75, 3.05) is 0 Å². The van der Waals surface area contributed by atoms with E-state index in [9.17, 15) is 0 Å². The smallest absolute Gasteiger partial charge is 0.0388 e. The maximum Gasteiger partial charge on any atom is 0.0388 e. The van der Waals surface area contributed by atoms with E-state index in [0.717, 1.165) is 5.92 Å². The molecule has 1 saturated carbocycles. The molecule has 2 heteroatoms. The van der Waals surface area contributed by atoms with Gasteiger partial charge in [-0.15, -0.1) is 11.3 Å². The molecule has 2 rings (SSSR count). The van der Waals surface area contributed by atoms with E-state index >= 15 is 0 Å². The van der Waals surface area contributed by atoms with Gasteiger partial charge in [0.25, 0.3) is 0 Å². The summed E-state index contributed by atoms with van der Waals surface area (Å²) in [6.07, 6.45) is 4.02. The number of nitrogens with one attached hydrogen (secondary N) is 1. The fourth-order valence-electron chi connectivity index (χ4n) is 3.45. The number of thiophene rings is 1. The zero-order valence-corrected chi connectivity index (χ0v) is 12.3. The Balaban J connectivity index is 1.94. The van der Waals surface area contributed by atoms with Crippen LogP contribution in [0.5, 0.6) is 0 Å². The first kappa shape index (κ1) is 13.1. The minimum Gasteiger partial charge on any atom is -0.307 e. The Morgan fingerprint density at radius 2 is 2.18 bits per heavy atom. The third-order valence-electron chi connectivity index (χ3n) is 3.84. The van der Waals surface area contributed by atoms with Crippen molar-refractivity contribution in [3.63, 3.8) is 0 Å². The van der Waals surface area contributed by atoms with Crippen LogP contribution in [-0.4, -0.2) is 6.04 Å². The molecule has 0 amide bonds. The van der Waals surface area contributed by atoms with Gasteiger partial charge in [0.2, 0.25) is 0 Å². The van der Waals surface area contributed by atoms with Gasteiger partial charge in [-0.1, -0.05) is 26.8 Å². The van der Waals surface area contributed by atoms with Crippen molar-refractivity contribution in [1.29, 1.82) is 0 Å². The van der Waals surface area contributed by atoms with Crippen LogP contribution in [-0.2, 0) is 0 Å². The molecule has 96 valence electrons. The van der Waals surface area contributed by atoms with Crippen LogP contribution in [0.4, 0.5) is 0 Å². The largest absolute Gasteiger partial charge is 0.307 e. The lowest BCUT2D eigenvalue weighted by Gasteiger charge is -2.40. The van der Waals surface area contributed by atoms with Crippen LogP contribution in [0.2, 0.25) is 0 Å². The first-order valence-electron chi connectivity index (χ1n) is 6.76. The van der Waals surface area contributed by atoms with E-state index in [1.165, 1.54) is 24.1 Å². The van der Waals surface area contributed by atoms with Gasteiger partial charge in [0, 0.05) is 17.0 Å². The van der Waals surface area contributed by atoms with Crippen LogP contribution >= 0.6 is 11.3 Å². The van der Waals surface area contributed by atoms with Gasteiger partial charge in [-0.3, -0.25) is 0 Å². The fourth-order valence-corrected chi connectivity index (χ4v) is 4.19. The second-order valence-electron chi connectivity index (χ2n) is 6.51. The highest BCUT2D eigenvalue weighted by Gasteiger charge is 2.32. The van der Waals surface area contributed by atoms with Crippen molar-refractivity contribution in [3.05, 3.63) is 22.4 Å². The summed E-state index contributed by atoms with van der Waals surface area (Å²) in [6, 6.07) is 5.57. The summed E-state index contributed by atoms with van der Waals surface area (Å²) < 4.78 is 0. The molecular formula is C15H25NS. The van der Waals surface area contributed by atoms with Gasteiger partial charge in [-0.25, -0.2) is 0 Å². The molecule has 1 fully saturated rings. The Kier molecular flexibility index (Phi) is 3.94. The first-order chi connectivity index (χ1) is 7.96. The van der Waals surface area contributed by atoms with E-state index in [0.29, 0.717) is 17.5 Å². The molecule has 0 saturated heterocycles. The summed E-state index contributed by atoms with van der Waals surface area (Å²) >= 11 is 1.86. The zero-order valence-electron chi connectivity index (χ0n) is 11.5. The third-order valence-corrected chi connectivity index (χ3v) is 4.90. The van der Waals surface area contributed by atoms with Gasteiger partial charge < -0.3 is 5.32 Å². The lowest BCUT2D eigenvalue weighted by Crippen LogP contribution is -2.41. The first-order valence-corrected chi connectivity index (χ1v) is 7.64. The Morgan fingerprint density at radius 3 is 2.76 bits per heavy atom. The van der Waals surface area contributed by atoms with Crippen LogP contribution < -0.4 is 5.32 Å². The molecule has 17 heavy (non-hydrogen) atoms. The molecule has 0 bridgehead atoms. The number of hydrogen-bond donors (Lipinski definition) is 1. The van der Waals surface area contributed by atoms with Crippen LogP contribution in [0.25, 0.3) is 0 Å². The van der Waals surface area contributed by atoms with E-state index in [2.05, 4.69) is 50.5 Å². The molecule has 3 atom stereocenters. The number of rotatable bonds is 3. The van der Waals surface area contributed by atoms with E-state index in [-0.39, 0.29) is 0 Å². The highest BCUT2D eigenvalue weighted by molar-refractivity contribution is 7.10. The molecule has 3 unspecified atom stereocenters. The normalized spacial score (nSPS) is 30.1. The van der Waals surface area contributed by atoms with Gasteiger partial charge in [-0.2, -0.15) is 0 Å². The predicted molar refractivity (Wildman–Crippen MR) is 76.5 cm³/mol. The Labute approximate surface area is 110 Å². The molecule has 1 aliphatic rings. The molecule has 1 aromatic heterocycles. The number of hydrogen-bond acceptors (Lipinski definition) is 2. The quantitative estimate of drug-likeness (QED) is 0.827. The average molecular weight is 251 g/mol. The van der Waals surface area contributed by atoms with E-state index in [4.69, 9.17) is 0 Å². The lowest BCUT2D eigenvalue weighted by atomic mass is 9.70. The molecule has 1 aromatic rings. The van der Waals surface area contributed by atoms with E-state index in [1.807, 2.05) is 11.3 Å². The highest BCUT2D eigenvalue weighted by Crippen LogP contribution is 2.39. The second kappa shape index (κ2) is 5.11. The minimum absolute atomic E-state index is 0.501. The summed E-state index contributed by atoms with van der Waals surface area (Å²) in [6.45, 7) is 9.50. The summed E-state index contributed by atoms with van der Waals surface area (Å²) in [4.78, 5) is 1.46. The minimum atomic E-state index is 0.501.